The summed E-state index contributed by atoms with van der Waals surface area (Å²) in [5, 5.41) is 14.6. The number of hydrogen-bond donors (Lipinski definition) is 1. The molecule has 8 nitrogen and oxygen atoms in total. The molecule has 0 unspecified atom stereocenters. The molecule has 27 heavy (non-hydrogen) atoms. The largest absolute Gasteiger partial charge is 0.491 e. The average molecular weight is 379 g/mol. The van der Waals surface area contributed by atoms with Crippen molar-refractivity contribution in [2.75, 3.05) is 18.4 Å². The number of rotatable bonds is 5. The van der Waals surface area contributed by atoms with E-state index in [0.717, 1.165) is 0 Å². The maximum atomic E-state index is 12.1. The van der Waals surface area contributed by atoms with Crippen LogP contribution in [0.2, 0.25) is 0 Å². The fourth-order valence-electron chi connectivity index (χ4n) is 2.89. The number of nitrogens with one attached hydrogen (secondary N) is 1. The zero-order valence-corrected chi connectivity index (χ0v) is 16.7. The van der Waals surface area contributed by atoms with E-state index in [2.05, 4.69) is 5.32 Å². The minimum atomic E-state index is -0.524. The highest BCUT2D eigenvalue weighted by Gasteiger charge is 2.28. The lowest BCUT2D eigenvalue weighted by Gasteiger charge is -2.34. The molecular formula is C19H29N3O5. The van der Waals surface area contributed by atoms with Gasteiger partial charge in [0, 0.05) is 31.3 Å². The van der Waals surface area contributed by atoms with E-state index in [1.165, 1.54) is 6.07 Å². The van der Waals surface area contributed by atoms with Gasteiger partial charge in [0.2, 0.25) is 0 Å². The van der Waals surface area contributed by atoms with Crippen molar-refractivity contribution in [2.24, 2.45) is 0 Å². The zero-order chi connectivity index (χ0) is 20.2. The summed E-state index contributed by atoms with van der Waals surface area (Å²) in [5.41, 5.74) is -0.0709. The van der Waals surface area contributed by atoms with Crippen LogP contribution in [0.15, 0.2) is 18.2 Å². The smallest absolute Gasteiger partial charge is 0.410 e. The molecule has 0 radical (unpaired) electrons. The number of piperidine rings is 1. The first-order valence-corrected chi connectivity index (χ1v) is 9.24. The predicted octanol–water partition coefficient (Wildman–Crippen LogP) is 4.19. The molecule has 0 saturated carbocycles. The number of ether oxygens (including phenoxy) is 2. The van der Waals surface area contributed by atoms with Crippen LogP contribution >= 0.6 is 0 Å². The summed E-state index contributed by atoms with van der Waals surface area (Å²) in [7, 11) is 0. The first kappa shape index (κ1) is 20.8. The van der Waals surface area contributed by atoms with Crippen molar-refractivity contribution in [1.82, 2.24) is 4.90 Å². The number of nitro benzene ring substituents is 1. The van der Waals surface area contributed by atoms with Gasteiger partial charge in [0.15, 0.2) is 0 Å². The van der Waals surface area contributed by atoms with Gasteiger partial charge in [-0.1, -0.05) is 0 Å². The van der Waals surface area contributed by atoms with E-state index in [0.29, 0.717) is 37.4 Å². The Labute approximate surface area is 160 Å². The number of likely N-dealkylation sites (tertiary alicyclic amines) is 1. The summed E-state index contributed by atoms with van der Waals surface area (Å²) in [6.45, 7) is 10.4. The molecule has 1 aliphatic heterocycles. The summed E-state index contributed by atoms with van der Waals surface area (Å²) in [5.74, 6) is 0.587. The van der Waals surface area contributed by atoms with Crippen molar-refractivity contribution in [3.63, 3.8) is 0 Å². The van der Waals surface area contributed by atoms with Crippen molar-refractivity contribution >= 4 is 17.5 Å². The highest BCUT2D eigenvalue weighted by molar-refractivity contribution is 5.68. The Kier molecular flexibility index (Phi) is 6.51. The number of nitrogens with zero attached hydrogens (tertiary/aromatic N) is 2. The van der Waals surface area contributed by atoms with E-state index >= 15 is 0 Å². The molecule has 1 N–H and O–H groups in total. The standard InChI is InChI=1S/C19H29N3O5/c1-13(2)26-15-6-7-17(22(24)25)16(12-15)20-14-8-10-21(11-9-14)18(23)27-19(3,4)5/h6-7,12-14,20H,8-11H2,1-5H3. The Bertz CT molecular complexity index is 676. The lowest BCUT2D eigenvalue weighted by Crippen LogP contribution is -2.44. The summed E-state index contributed by atoms with van der Waals surface area (Å²) in [6, 6.07) is 4.76. The van der Waals surface area contributed by atoms with Gasteiger partial charge in [0.05, 0.1) is 11.0 Å². The first-order valence-electron chi connectivity index (χ1n) is 9.24. The maximum absolute atomic E-state index is 12.1. The van der Waals surface area contributed by atoms with Gasteiger partial charge in [-0.3, -0.25) is 10.1 Å². The van der Waals surface area contributed by atoms with E-state index in [-0.39, 0.29) is 23.9 Å². The molecule has 1 saturated heterocycles. The Balaban J connectivity index is 2.01. The number of amides is 1. The van der Waals surface area contributed by atoms with Crippen molar-refractivity contribution in [2.45, 2.75) is 65.2 Å². The van der Waals surface area contributed by atoms with Crippen molar-refractivity contribution < 1.29 is 19.2 Å². The molecule has 0 atom stereocenters. The lowest BCUT2D eigenvalue weighted by molar-refractivity contribution is -0.384. The number of carbonyl (C=O) groups is 1. The minimum Gasteiger partial charge on any atom is -0.491 e. The molecule has 0 aromatic heterocycles. The molecule has 0 aliphatic carbocycles. The van der Waals surface area contributed by atoms with Crippen LogP contribution in [0.4, 0.5) is 16.2 Å². The Hall–Kier alpha value is -2.51. The highest BCUT2D eigenvalue weighted by Crippen LogP contribution is 2.31. The average Bonchev–Trinajstić information content (AvgIpc) is 2.53. The van der Waals surface area contributed by atoms with Gasteiger partial charge < -0.3 is 19.7 Å². The van der Waals surface area contributed by atoms with Gasteiger partial charge in [0.25, 0.3) is 5.69 Å². The van der Waals surface area contributed by atoms with E-state index < -0.39 is 10.5 Å². The van der Waals surface area contributed by atoms with Crippen LogP contribution in [-0.2, 0) is 4.74 Å². The van der Waals surface area contributed by atoms with Gasteiger partial charge in [-0.15, -0.1) is 0 Å². The van der Waals surface area contributed by atoms with Crippen molar-refractivity contribution in [3.8, 4) is 5.75 Å². The van der Waals surface area contributed by atoms with Gasteiger partial charge in [0.1, 0.15) is 17.0 Å². The second kappa shape index (κ2) is 8.45. The normalized spacial score (nSPS) is 15.6. The fraction of sp³-hybridized carbons (Fsp3) is 0.632. The third kappa shape index (κ3) is 6.30. The molecule has 0 spiro atoms. The molecule has 150 valence electrons. The quantitative estimate of drug-likeness (QED) is 0.609. The molecule has 2 rings (SSSR count). The Morgan fingerprint density at radius 3 is 2.44 bits per heavy atom. The third-order valence-corrected chi connectivity index (χ3v) is 4.04. The van der Waals surface area contributed by atoms with Crippen LogP contribution in [0.3, 0.4) is 0 Å². The van der Waals surface area contributed by atoms with Gasteiger partial charge in [-0.25, -0.2) is 4.79 Å². The lowest BCUT2D eigenvalue weighted by atomic mass is 10.0. The van der Waals surface area contributed by atoms with Crippen LogP contribution in [0, 0.1) is 10.1 Å². The van der Waals surface area contributed by atoms with E-state index in [9.17, 15) is 14.9 Å². The number of nitro groups is 1. The molecule has 8 heteroatoms. The molecule has 1 heterocycles. The molecule has 0 bridgehead atoms. The molecule has 1 amide bonds. The second-order valence-electron chi connectivity index (χ2n) is 7.99. The van der Waals surface area contributed by atoms with Gasteiger partial charge in [-0.2, -0.15) is 0 Å². The molecule has 1 aliphatic rings. The maximum Gasteiger partial charge on any atom is 0.410 e. The molecule has 1 aromatic rings. The third-order valence-electron chi connectivity index (χ3n) is 4.04. The van der Waals surface area contributed by atoms with Crippen LogP contribution in [0.5, 0.6) is 5.75 Å². The zero-order valence-electron chi connectivity index (χ0n) is 16.7. The monoisotopic (exact) mass is 379 g/mol. The van der Waals surface area contributed by atoms with Crippen molar-refractivity contribution in [1.29, 1.82) is 0 Å². The highest BCUT2D eigenvalue weighted by atomic mass is 16.6. The summed E-state index contributed by atoms with van der Waals surface area (Å²) < 4.78 is 11.0. The number of anilines is 1. The molecule has 1 aromatic carbocycles. The Morgan fingerprint density at radius 1 is 1.30 bits per heavy atom. The van der Waals surface area contributed by atoms with Gasteiger partial charge >= 0.3 is 6.09 Å². The molecule has 1 fully saturated rings. The van der Waals surface area contributed by atoms with Gasteiger partial charge in [-0.05, 0) is 53.5 Å². The topological polar surface area (TPSA) is 93.9 Å². The fourth-order valence-corrected chi connectivity index (χ4v) is 2.89. The van der Waals surface area contributed by atoms with Crippen LogP contribution < -0.4 is 10.1 Å². The molecular weight excluding hydrogens is 350 g/mol. The number of benzene rings is 1. The van der Waals surface area contributed by atoms with Crippen molar-refractivity contribution in [3.05, 3.63) is 28.3 Å². The number of hydrogen-bond acceptors (Lipinski definition) is 6. The van der Waals surface area contributed by atoms with E-state index in [4.69, 9.17) is 9.47 Å². The first-order chi connectivity index (χ1) is 12.5. The number of carbonyl (C=O) groups excluding carboxylic acids is 1. The predicted molar refractivity (Wildman–Crippen MR) is 103 cm³/mol. The van der Waals surface area contributed by atoms with E-state index in [1.807, 2.05) is 34.6 Å². The summed E-state index contributed by atoms with van der Waals surface area (Å²) in [6.07, 6.45) is 1.03. The summed E-state index contributed by atoms with van der Waals surface area (Å²) >= 11 is 0. The minimum absolute atomic E-state index is 0.0145. The second-order valence-corrected chi connectivity index (χ2v) is 7.99. The summed E-state index contributed by atoms with van der Waals surface area (Å²) in [4.78, 5) is 24.7. The van der Waals surface area contributed by atoms with Crippen LogP contribution in [-0.4, -0.2) is 46.8 Å². The SMILES string of the molecule is CC(C)Oc1ccc([N+](=O)[O-])c(NC2CCN(C(=O)OC(C)(C)C)CC2)c1. The van der Waals surface area contributed by atoms with Crippen LogP contribution in [0.25, 0.3) is 0 Å². The van der Waals surface area contributed by atoms with E-state index in [1.54, 1.807) is 17.0 Å². The Morgan fingerprint density at radius 2 is 1.93 bits per heavy atom. The van der Waals surface area contributed by atoms with Crippen LogP contribution in [0.1, 0.15) is 47.5 Å².